The Hall–Kier alpha value is -1.16. The van der Waals surface area contributed by atoms with Gasteiger partial charge >= 0.3 is 0 Å². The Bertz CT molecular complexity index is 320. The van der Waals surface area contributed by atoms with Crippen molar-refractivity contribution in [3.63, 3.8) is 0 Å². The largest absolute Gasteiger partial charge is 0.338 e. The molecule has 4 nitrogen and oxygen atoms in total. The van der Waals surface area contributed by atoms with Gasteiger partial charge in [-0.15, -0.1) is 0 Å². The predicted octanol–water partition coefficient (Wildman–Crippen LogP) is 2.35. The maximum absolute atomic E-state index is 5.65. The van der Waals surface area contributed by atoms with E-state index >= 15 is 0 Å². The monoisotopic (exact) mass is 248 g/mol. The van der Waals surface area contributed by atoms with Crippen LogP contribution in [0.3, 0.4) is 0 Å². The van der Waals surface area contributed by atoms with Gasteiger partial charge in [0.1, 0.15) is 0 Å². The first kappa shape index (κ1) is 13.3. The zero-order valence-electron chi connectivity index (χ0n) is 11.1. The summed E-state index contributed by atoms with van der Waals surface area (Å²) in [4.78, 5) is 11.2. The summed E-state index contributed by atoms with van der Waals surface area (Å²) in [6, 6.07) is 2.47. The molecule has 0 unspecified atom stereocenters. The van der Waals surface area contributed by atoms with Crippen molar-refractivity contribution in [3.8, 4) is 0 Å². The Morgan fingerprint density at radius 3 is 2.39 bits per heavy atom. The number of anilines is 1. The molecule has 0 saturated heterocycles. The van der Waals surface area contributed by atoms with E-state index in [4.69, 9.17) is 5.73 Å². The van der Waals surface area contributed by atoms with Crippen molar-refractivity contribution in [3.05, 3.63) is 18.5 Å². The first-order chi connectivity index (χ1) is 8.92. The lowest BCUT2D eigenvalue weighted by molar-refractivity contribution is 0.510. The van der Waals surface area contributed by atoms with Gasteiger partial charge in [0.2, 0.25) is 5.95 Å². The molecule has 18 heavy (non-hydrogen) atoms. The van der Waals surface area contributed by atoms with Crippen LogP contribution in [0.4, 0.5) is 5.95 Å². The van der Waals surface area contributed by atoms with Crippen LogP contribution in [0.15, 0.2) is 18.5 Å². The average molecular weight is 248 g/mol. The van der Waals surface area contributed by atoms with Crippen LogP contribution in [0.1, 0.15) is 44.9 Å². The van der Waals surface area contributed by atoms with Gasteiger partial charge in [0.15, 0.2) is 0 Å². The van der Waals surface area contributed by atoms with Gasteiger partial charge in [0, 0.05) is 25.0 Å². The second-order valence-corrected chi connectivity index (χ2v) is 5.03. The van der Waals surface area contributed by atoms with Crippen molar-refractivity contribution in [2.75, 3.05) is 18.0 Å². The van der Waals surface area contributed by atoms with Crippen molar-refractivity contribution in [1.29, 1.82) is 0 Å². The van der Waals surface area contributed by atoms with Gasteiger partial charge in [-0.1, -0.05) is 25.7 Å². The maximum atomic E-state index is 5.65. The lowest BCUT2D eigenvalue weighted by atomic mass is 10.1. The molecule has 2 rings (SSSR count). The lowest BCUT2D eigenvalue weighted by Gasteiger charge is -2.31. The molecule has 0 aromatic carbocycles. The number of hydrogen-bond acceptors (Lipinski definition) is 4. The standard InChI is InChI=1S/C14H24N4/c15-9-5-12-18(14-16-10-6-11-17-14)13-7-3-1-2-4-8-13/h6,10-11,13H,1-5,7-9,12,15H2. The summed E-state index contributed by atoms with van der Waals surface area (Å²) >= 11 is 0. The second-order valence-electron chi connectivity index (χ2n) is 5.03. The SMILES string of the molecule is NCCCN(c1ncccn1)C1CCCCCC1. The maximum Gasteiger partial charge on any atom is 0.225 e. The second kappa shape index (κ2) is 7.31. The van der Waals surface area contributed by atoms with Crippen LogP contribution in [0.5, 0.6) is 0 Å². The van der Waals surface area contributed by atoms with E-state index in [1.165, 1.54) is 38.5 Å². The predicted molar refractivity (Wildman–Crippen MR) is 74.5 cm³/mol. The normalized spacial score (nSPS) is 17.4. The Morgan fingerprint density at radius 2 is 1.78 bits per heavy atom. The van der Waals surface area contributed by atoms with Crippen molar-refractivity contribution >= 4 is 5.95 Å². The molecule has 2 N–H and O–H groups in total. The highest BCUT2D eigenvalue weighted by molar-refractivity contribution is 5.30. The highest BCUT2D eigenvalue weighted by Gasteiger charge is 2.21. The molecule has 0 radical (unpaired) electrons. The van der Waals surface area contributed by atoms with E-state index in [0.29, 0.717) is 6.04 Å². The summed E-state index contributed by atoms with van der Waals surface area (Å²) in [6.07, 6.45) is 12.6. The smallest absolute Gasteiger partial charge is 0.225 e. The van der Waals surface area contributed by atoms with E-state index in [9.17, 15) is 0 Å². The van der Waals surface area contributed by atoms with Crippen LogP contribution in [0, 0.1) is 0 Å². The highest BCUT2D eigenvalue weighted by atomic mass is 15.3. The van der Waals surface area contributed by atoms with Gasteiger partial charge in [-0.3, -0.25) is 0 Å². The van der Waals surface area contributed by atoms with Crippen LogP contribution in [0.2, 0.25) is 0 Å². The average Bonchev–Trinajstić information content (AvgIpc) is 2.70. The molecule has 0 atom stereocenters. The molecule has 1 aliphatic rings. The third kappa shape index (κ3) is 3.67. The van der Waals surface area contributed by atoms with E-state index in [2.05, 4.69) is 14.9 Å². The van der Waals surface area contributed by atoms with Gasteiger partial charge in [0.25, 0.3) is 0 Å². The summed E-state index contributed by atoms with van der Waals surface area (Å²) in [5.74, 6) is 0.873. The summed E-state index contributed by atoms with van der Waals surface area (Å²) in [5, 5.41) is 0. The molecular weight excluding hydrogens is 224 g/mol. The van der Waals surface area contributed by atoms with E-state index in [-0.39, 0.29) is 0 Å². The third-order valence-corrected chi connectivity index (χ3v) is 3.68. The van der Waals surface area contributed by atoms with Gasteiger partial charge in [-0.05, 0) is 31.9 Å². The van der Waals surface area contributed by atoms with Crippen molar-refractivity contribution in [2.45, 2.75) is 51.0 Å². The molecule has 1 aromatic heterocycles. The molecule has 1 heterocycles. The van der Waals surface area contributed by atoms with Crippen LogP contribution in [-0.2, 0) is 0 Å². The van der Waals surface area contributed by atoms with E-state index in [1.54, 1.807) is 0 Å². The summed E-state index contributed by atoms with van der Waals surface area (Å²) in [6.45, 7) is 1.71. The minimum absolute atomic E-state index is 0.599. The molecule has 1 fully saturated rings. The quantitative estimate of drug-likeness (QED) is 0.813. The summed E-state index contributed by atoms with van der Waals surface area (Å²) in [7, 11) is 0. The Labute approximate surface area is 110 Å². The minimum atomic E-state index is 0.599. The summed E-state index contributed by atoms with van der Waals surface area (Å²) in [5.41, 5.74) is 5.65. The highest BCUT2D eigenvalue weighted by Crippen LogP contribution is 2.24. The van der Waals surface area contributed by atoms with Gasteiger partial charge in [-0.2, -0.15) is 0 Å². The number of nitrogens with two attached hydrogens (primary N) is 1. The van der Waals surface area contributed by atoms with Crippen LogP contribution >= 0.6 is 0 Å². The molecule has 100 valence electrons. The van der Waals surface area contributed by atoms with Crippen molar-refractivity contribution in [2.24, 2.45) is 5.73 Å². The fourth-order valence-electron chi connectivity index (χ4n) is 2.72. The Morgan fingerprint density at radius 1 is 1.11 bits per heavy atom. The molecule has 0 spiro atoms. The number of rotatable bonds is 5. The van der Waals surface area contributed by atoms with E-state index < -0.39 is 0 Å². The number of nitrogens with zero attached hydrogens (tertiary/aromatic N) is 3. The Balaban J connectivity index is 2.08. The first-order valence-corrected chi connectivity index (χ1v) is 7.15. The zero-order valence-corrected chi connectivity index (χ0v) is 11.1. The van der Waals surface area contributed by atoms with Gasteiger partial charge in [-0.25, -0.2) is 9.97 Å². The van der Waals surface area contributed by atoms with Gasteiger partial charge in [0.05, 0.1) is 0 Å². The van der Waals surface area contributed by atoms with Crippen molar-refractivity contribution < 1.29 is 0 Å². The van der Waals surface area contributed by atoms with Crippen molar-refractivity contribution in [1.82, 2.24) is 9.97 Å². The molecule has 1 aromatic rings. The summed E-state index contributed by atoms with van der Waals surface area (Å²) < 4.78 is 0. The van der Waals surface area contributed by atoms with Crippen LogP contribution in [0.25, 0.3) is 0 Å². The lowest BCUT2D eigenvalue weighted by Crippen LogP contribution is -2.37. The molecule has 4 heteroatoms. The topological polar surface area (TPSA) is 55.0 Å². The number of aromatic nitrogens is 2. The Kier molecular flexibility index (Phi) is 5.39. The fraction of sp³-hybridized carbons (Fsp3) is 0.714. The molecule has 1 saturated carbocycles. The molecular formula is C14H24N4. The van der Waals surface area contributed by atoms with Crippen LogP contribution < -0.4 is 10.6 Å². The molecule has 0 amide bonds. The number of hydrogen-bond donors (Lipinski definition) is 1. The molecule has 0 bridgehead atoms. The molecule has 1 aliphatic carbocycles. The fourth-order valence-corrected chi connectivity index (χ4v) is 2.72. The zero-order chi connectivity index (χ0) is 12.6. The first-order valence-electron chi connectivity index (χ1n) is 7.15. The van der Waals surface area contributed by atoms with E-state index in [0.717, 1.165) is 25.5 Å². The van der Waals surface area contributed by atoms with E-state index in [1.807, 2.05) is 18.5 Å². The van der Waals surface area contributed by atoms with Crippen LogP contribution in [-0.4, -0.2) is 29.1 Å². The third-order valence-electron chi connectivity index (χ3n) is 3.68. The molecule has 0 aliphatic heterocycles. The minimum Gasteiger partial charge on any atom is -0.338 e. The van der Waals surface area contributed by atoms with Gasteiger partial charge < -0.3 is 10.6 Å².